The van der Waals surface area contributed by atoms with Gasteiger partial charge in [-0.3, -0.25) is 4.99 Å². The number of methoxy groups -OCH3 is 2. The summed E-state index contributed by atoms with van der Waals surface area (Å²) in [6.07, 6.45) is 3.00. The summed E-state index contributed by atoms with van der Waals surface area (Å²) in [5.74, 6) is 2.72. The van der Waals surface area contributed by atoms with Crippen molar-refractivity contribution in [3.8, 4) is 11.5 Å². The molecule has 2 aliphatic heterocycles. The van der Waals surface area contributed by atoms with Crippen molar-refractivity contribution in [3.05, 3.63) is 95.6 Å². The predicted octanol–water partition coefficient (Wildman–Crippen LogP) is 4.46. The third-order valence-electron chi connectivity index (χ3n) is 6.96. The van der Waals surface area contributed by atoms with Gasteiger partial charge in [0.1, 0.15) is 0 Å². The lowest BCUT2D eigenvalue weighted by atomic mass is 10.0. The quantitative estimate of drug-likeness (QED) is 0.478. The van der Waals surface area contributed by atoms with Crippen molar-refractivity contribution < 1.29 is 9.47 Å². The van der Waals surface area contributed by atoms with Gasteiger partial charge in [0.25, 0.3) is 0 Å². The summed E-state index contributed by atoms with van der Waals surface area (Å²) in [5.41, 5.74) is 4.01. The van der Waals surface area contributed by atoms with Crippen LogP contribution < -0.4 is 9.47 Å². The fourth-order valence-corrected chi connectivity index (χ4v) is 5.21. The molecule has 0 radical (unpaired) electrons. The van der Waals surface area contributed by atoms with Crippen LogP contribution in [0, 0.1) is 0 Å². The first-order valence-electron chi connectivity index (χ1n) is 12.1. The molecule has 3 aromatic carbocycles. The van der Waals surface area contributed by atoms with Gasteiger partial charge in [0.15, 0.2) is 17.5 Å². The number of hydrogen-bond acceptors (Lipinski definition) is 5. The Balaban J connectivity index is 1.33. The van der Waals surface area contributed by atoms with Crippen LogP contribution in [-0.2, 0) is 19.3 Å². The number of ether oxygens (including phenoxy) is 2. The lowest BCUT2D eigenvalue weighted by Crippen LogP contribution is -2.38. The summed E-state index contributed by atoms with van der Waals surface area (Å²) in [7, 11) is 3.37. The summed E-state index contributed by atoms with van der Waals surface area (Å²) in [4.78, 5) is 10.1. The van der Waals surface area contributed by atoms with E-state index in [0.29, 0.717) is 12.1 Å². The van der Waals surface area contributed by atoms with Gasteiger partial charge in [-0.15, -0.1) is 0 Å². The largest absolute Gasteiger partial charge is 0.493 e. The highest BCUT2D eigenvalue weighted by molar-refractivity contribution is 5.84. The van der Waals surface area contributed by atoms with Crippen molar-refractivity contribution in [2.45, 2.75) is 31.3 Å². The van der Waals surface area contributed by atoms with Crippen LogP contribution in [0.5, 0.6) is 11.5 Å². The third-order valence-corrected chi connectivity index (χ3v) is 6.96. The molecule has 0 bridgehead atoms. The van der Waals surface area contributed by atoms with Gasteiger partial charge in [0.05, 0.1) is 32.8 Å². The van der Waals surface area contributed by atoms with Crippen molar-refractivity contribution in [2.24, 2.45) is 4.99 Å². The molecule has 0 spiro atoms. The molecule has 1 fully saturated rings. The predicted molar refractivity (Wildman–Crippen MR) is 137 cm³/mol. The Morgan fingerprint density at radius 2 is 1.41 bits per heavy atom. The van der Waals surface area contributed by atoms with Gasteiger partial charge in [0.2, 0.25) is 0 Å². The highest BCUT2D eigenvalue weighted by atomic mass is 16.5. The van der Waals surface area contributed by atoms with Gasteiger partial charge >= 0.3 is 0 Å². The number of benzene rings is 3. The molecule has 5 nitrogen and oxygen atoms in total. The lowest BCUT2D eigenvalue weighted by molar-refractivity contribution is 0.315. The van der Waals surface area contributed by atoms with E-state index >= 15 is 0 Å². The molecule has 176 valence electrons. The van der Waals surface area contributed by atoms with E-state index in [2.05, 4.69) is 82.6 Å². The minimum absolute atomic E-state index is 0.417. The average molecular weight is 456 g/mol. The summed E-state index contributed by atoms with van der Waals surface area (Å²) in [6.45, 7) is 2.83. The van der Waals surface area contributed by atoms with Crippen LogP contribution in [0.4, 0.5) is 0 Å². The first-order valence-corrected chi connectivity index (χ1v) is 12.1. The molecule has 34 heavy (non-hydrogen) atoms. The Morgan fingerprint density at radius 1 is 0.765 bits per heavy atom. The van der Waals surface area contributed by atoms with Crippen LogP contribution in [0.2, 0.25) is 0 Å². The van der Waals surface area contributed by atoms with Gasteiger partial charge in [-0.2, -0.15) is 0 Å². The smallest absolute Gasteiger partial charge is 0.197 e. The normalized spacial score (nSPS) is 19.2. The van der Waals surface area contributed by atoms with E-state index in [-0.39, 0.29) is 0 Å². The van der Waals surface area contributed by atoms with E-state index in [1.165, 1.54) is 22.6 Å². The van der Waals surface area contributed by atoms with E-state index in [1.54, 1.807) is 14.2 Å². The average Bonchev–Trinajstić information content (AvgIpc) is 3.43. The van der Waals surface area contributed by atoms with Crippen LogP contribution in [0.25, 0.3) is 0 Å². The molecule has 3 aromatic rings. The molecular weight excluding hydrogens is 422 g/mol. The minimum atomic E-state index is 0.417. The second-order valence-corrected chi connectivity index (χ2v) is 9.11. The second kappa shape index (κ2) is 10.2. The van der Waals surface area contributed by atoms with E-state index in [1.807, 2.05) is 6.07 Å². The first-order chi connectivity index (χ1) is 16.7. The summed E-state index contributed by atoms with van der Waals surface area (Å²) < 4.78 is 10.9. The SMILES string of the molecule is COc1ccc(CCN2C3=NC[C@H](Cc4ccccc4)N3C[C@@H]2Cc2ccccc2)cc1OC. The first kappa shape index (κ1) is 22.3. The zero-order valence-electron chi connectivity index (χ0n) is 20.1. The molecule has 1 saturated heterocycles. The maximum atomic E-state index is 5.52. The monoisotopic (exact) mass is 455 g/mol. The van der Waals surface area contributed by atoms with Crippen LogP contribution >= 0.6 is 0 Å². The van der Waals surface area contributed by atoms with Gasteiger partial charge in [-0.1, -0.05) is 66.7 Å². The van der Waals surface area contributed by atoms with Crippen LogP contribution in [0.1, 0.15) is 16.7 Å². The van der Waals surface area contributed by atoms with Crippen molar-refractivity contribution in [2.75, 3.05) is 33.9 Å². The molecule has 2 heterocycles. The van der Waals surface area contributed by atoms with Crippen molar-refractivity contribution in [3.63, 3.8) is 0 Å². The molecule has 0 N–H and O–H groups in total. The van der Waals surface area contributed by atoms with Crippen LogP contribution in [0.15, 0.2) is 83.9 Å². The molecule has 2 aliphatic rings. The Bertz CT molecular complexity index is 1120. The molecule has 0 amide bonds. The Morgan fingerprint density at radius 3 is 2.06 bits per heavy atom. The maximum Gasteiger partial charge on any atom is 0.197 e. The maximum absolute atomic E-state index is 5.52. The minimum Gasteiger partial charge on any atom is -0.493 e. The summed E-state index contributed by atoms with van der Waals surface area (Å²) in [6, 6.07) is 28.7. The van der Waals surface area contributed by atoms with E-state index in [4.69, 9.17) is 14.5 Å². The molecule has 0 saturated carbocycles. The Hall–Kier alpha value is -3.47. The molecule has 0 aromatic heterocycles. The van der Waals surface area contributed by atoms with Gasteiger partial charge in [0, 0.05) is 13.1 Å². The zero-order chi connectivity index (χ0) is 23.3. The van der Waals surface area contributed by atoms with Gasteiger partial charge < -0.3 is 19.3 Å². The van der Waals surface area contributed by atoms with Crippen LogP contribution in [-0.4, -0.2) is 61.7 Å². The molecule has 0 unspecified atom stereocenters. The van der Waals surface area contributed by atoms with Crippen molar-refractivity contribution in [1.82, 2.24) is 9.80 Å². The number of aliphatic imine (C=N–C) groups is 1. The highest BCUT2D eigenvalue weighted by Crippen LogP contribution is 2.30. The van der Waals surface area contributed by atoms with E-state index < -0.39 is 0 Å². The molecule has 5 rings (SSSR count). The standard InChI is InChI=1S/C29H33N3O2/c1-33-27-14-13-24(19-28(27)34-2)15-16-31-26(18-23-11-7-4-8-12-23)21-32-25(20-30-29(31)32)17-22-9-5-3-6-10-22/h3-14,19,25-26H,15-18,20-21H2,1-2H3/t25-,26-/m0/s1. The number of rotatable bonds is 9. The van der Waals surface area contributed by atoms with Gasteiger partial charge in [-0.05, 0) is 48.1 Å². The third kappa shape index (κ3) is 4.74. The van der Waals surface area contributed by atoms with Crippen LogP contribution in [0.3, 0.4) is 0 Å². The zero-order valence-corrected chi connectivity index (χ0v) is 20.1. The molecular formula is C29H33N3O2. The highest BCUT2D eigenvalue weighted by Gasteiger charge is 2.41. The fourth-order valence-electron chi connectivity index (χ4n) is 5.21. The van der Waals surface area contributed by atoms with E-state index in [9.17, 15) is 0 Å². The fraction of sp³-hybridized carbons (Fsp3) is 0.345. The Labute approximate surface area is 202 Å². The number of nitrogens with zero attached hydrogens (tertiary/aromatic N) is 3. The molecule has 0 aliphatic carbocycles. The van der Waals surface area contributed by atoms with Crippen molar-refractivity contribution in [1.29, 1.82) is 0 Å². The molecule has 2 atom stereocenters. The van der Waals surface area contributed by atoms with Gasteiger partial charge in [-0.25, -0.2) is 0 Å². The van der Waals surface area contributed by atoms with E-state index in [0.717, 1.165) is 50.4 Å². The topological polar surface area (TPSA) is 37.3 Å². The summed E-state index contributed by atoms with van der Waals surface area (Å²) in [5, 5.41) is 0. The Kier molecular flexibility index (Phi) is 6.70. The number of hydrogen-bond donors (Lipinski definition) is 0. The summed E-state index contributed by atoms with van der Waals surface area (Å²) >= 11 is 0. The lowest BCUT2D eigenvalue weighted by Gasteiger charge is -2.25. The number of fused-ring (bicyclic) bond motifs is 1. The number of guanidine groups is 1. The van der Waals surface area contributed by atoms with Crippen molar-refractivity contribution >= 4 is 5.96 Å². The molecule has 5 heteroatoms. The second-order valence-electron chi connectivity index (χ2n) is 9.11.